The number of ether oxygens (including phenoxy) is 1. The summed E-state index contributed by atoms with van der Waals surface area (Å²) in [5.74, 6) is -0.420. The van der Waals surface area contributed by atoms with Crippen molar-refractivity contribution in [3.8, 4) is 22.4 Å². The van der Waals surface area contributed by atoms with E-state index in [4.69, 9.17) is 4.74 Å². The number of nitrogens with zero attached hydrogens (tertiary/aromatic N) is 2. The number of imidazole rings is 1. The lowest BCUT2D eigenvalue weighted by molar-refractivity contribution is 0.0595. The van der Waals surface area contributed by atoms with Crippen molar-refractivity contribution in [3.63, 3.8) is 0 Å². The molecule has 5 heteroatoms. The second kappa shape index (κ2) is 5.94. The van der Waals surface area contributed by atoms with E-state index in [1.807, 2.05) is 28.0 Å². The quantitative estimate of drug-likeness (QED) is 0.518. The maximum atomic E-state index is 11.6. The number of benzene rings is 2. The summed E-state index contributed by atoms with van der Waals surface area (Å²) in [7, 11) is 1.36. The van der Waals surface area contributed by atoms with Crippen molar-refractivity contribution in [1.29, 1.82) is 0 Å². The molecule has 0 spiro atoms. The third kappa shape index (κ3) is 2.49. The molecular formula is C19H14N2O2S. The SMILES string of the molecule is COC(=O)c1cn2c(-c3ccc(-c4ccccc4)cc3)csc2n1. The van der Waals surface area contributed by atoms with Crippen molar-refractivity contribution in [2.45, 2.75) is 0 Å². The van der Waals surface area contributed by atoms with Gasteiger partial charge in [0.25, 0.3) is 0 Å². The van der Waals surface area contributed by atoms with Crippen LogP contribution in [0.5, 0.6) is 0 Å². The van der Waals surface area contributed by atoms with Gasteiger partial charge in [-0.15, -0.1) is 11.3 Å². The number of carbonyl (C=O) groups excluding carboxylic acids is 1. The number of carbonyl (C=O) groups is 1. The minimum absolute atomic E-state index is 0.325. The van der Waals surface area contributed by atoms with Crippen molar-refractivity contribution >= 4 is 22.3 Å². The highest BCUT2D eigenvalue weighted by Crippen LogP contribution is 2.28. The number of aromatic nitrogens is 2. The Hall–Kier alpha value is -2.92. The van der Waals surface area contributed by atoms with Gasteiger partial charge in [-0.25, -0.2) is 9.78 Å². The van der Waals surface area contributed by atoms with Crippen LogP contribution in [-0.4, -0.2) is 22.5 Å². The van der Waals surface area contributed by atoms with E-state index in [1.54, 1.807) is 6.20 Å². The number of fused-ring (bicyclic) bond motifs is 1. The van der Waals surface area contributed by atoms with Crippen LogP contribution in [-0.2, 0) is 4.74 Å². The molecule has 0 fully saturated rings. The second-order valence-corrected chi connectivity index (χ2v) is 6.17. The molecule has 24 heavy (non-hydrogen) atoms. The molecule has 0 amide bonds. The van der Waals surface area contributed by atoms with Gasteiger partial charge in [-0.05, 0) is 16.7 Å². The average Bonchev–Trinajstić information content (AvgIpc) is 3.22. The maximum absolute atomic E-state index is 11.6. The molecule has 0 atom stereocenters. The summed E-state index contributed by atoms with van der Waals surface area (Å²) in [5.41, 5.74) is 4.78. The lowest BCUT2D eigenvalue weighted by Crippen LogP contribution is -2.00. The molecule has 0 N–H and O–H groups in total. The number of methoxy groups -OCH3 is 1. The van der Waals surface area contributed by atoms with E-state index < -0.39 is 5.97 Å². The van der Waals surface area contributed by atoms with E-state index in [1.165, 1.54) is 29.6 Å². The van der Waals surface area contributed by atoms with Crippen LogP contribution >= 0.6 is 11.3 Å². The Balaban J connectivity index is 1.72. The van der Waals surface area contributed by atoms with Gasteiger partial charge in [0.15, 0.2) is 10.7 Å². The van der Waals surface area contributed by atoms with E-state index in [2.05, 4.69) is 41.4 Å². The van der Waals surface area contributed by atoms with E-state index >= 15 is 0 Å². The number of esters is 1. The van der Waals surface area contributed by atoms with Gasteiger partial charge in [-0.3, -0.25) is 4.40 Å². The topological polar surface area (TPSA) is 43.6 Å². The molecule has 0 aliphatic heterocycles. The van der Waals surface area contributed by atoms with Crippen LogP contribution in [0, 0.1) is 0 Å². The van der Waals surface area contributed by atoms with Gasteiger partial charge in [-0.2, -0.15) is 0 Å². The van der Waals surface area contributed by atoms with Crippen molar-refractivity contribution in [2.24, 2.45) is 0 Å². The lowest BCUT2D eigenvalue weighted by atomic mass is 10.0. The second-order valence-electron chi connectivity index (χ2n) is 5.33. The third-order valence-electron chi connectivity index (χ3n) is 3.89. The van der Waals surface area contributed by atoms with Gasteiger partial charge in [0.1, 0.15) is 0 Å². The minimum atomic E-state index is -0.420. The summed E-state index contributed by atoms with van der Waals surface area (Å²) in [6.45, 7) is 0. The van der Waals surface area contributed by atoms with Gasteiger partial charge in [0, 0.05) is 11.6 Å². The predicted molar refractivity (Wildman–Crippen MR) is 95.3 cm³/mol. The van der Waals surface area contributed by atoms with Crippen LogP contribution in [0.2, 0.25) is 0 Å². The van der Waals surface area contributed by atoms with Crippen molar-refractivity contribution in [2.75, 3.05) is 7.11 Å². The lowest BCUT2D eigenvalue weighted by Gasteiger charge is -2.04. The molecule has 2 heterocycles. The van der Waals surface area contributed by atoms with Crippen LogP contribution in [0.3, 0.4) is 0 Å². The van der Waals surface area contributed by atoms with Crippen LogP contribution < -0.4 is 0 Å². The molecule has 4 rings (SSSR count). The first-order valence-electron chi connectivity index (χ1n) is 7.47. The number of hydrogen-bond donors (Lipinski definition) is 0. The Bertz CT molecular complexity index is 1000. The standard InChI is InChI=1S/C19H14N2O2S/c1-23-18(22)16-11-21-17(12-24-19(21)20-16)15-9-7-14(8-10-15)13-5-3-2-4-6-13/h2-12H,1H3. The Kier molecular flexibility index (Phi) is 3.63. The Labute approximate surface area is 143 Å². The monoisotopic (exact) mass is 334 g/mol. The number of rotatable bonds is 3. The summed E-state index contributed by atoms with van der Waals surface area (Å²) in [4.78, 5) is 16.7. The average molecular weight is 334 g/mol. The van der Waals surface area contributed by atoms with Gasteiger partial charge in [0.05, 0.1) is 12.8 Å². The zero-order chi connectivity index (χ0) is 16.5. The number of thiazole rings is 1. The summed E-state index contributed by atoms with van der Waals surface area (Å²) in [6.07, 6.45) is 1.72. The fraction of sp³-hybridized carbons (Fsp3) is 0.0526. The highest BCUT2D eigenvalue weighted by atomic mass is 32.1. The molecule has 0 saturated carbocycles. The van der Waals surface area contributed by atoms with Crippen LogP contribution in [0.25, 0.3) is 27.3 Å². The summed E-state index contributed by atoms with van der Waals surface area (Å²) < 4.78 is 6.66. The van der Waals surface area contributed by atoms with E-state index in [0.717, 1.165) is 16.2 Å². The van der Waals surface area contributed by atoms with Crippen LogP contribution in [0.1, 0.15) is 10.5 Å². The van der Waals surface area contributed by atoms with Gasteiger partial charge in [-0.1, -0.05) is 54.6 Å². The highest BCUT2D eigenvalue weighted by molar-refractivity contribution is 7.15. The Morgan fingerprint density at radius 3 is 2.38 bits per heavy atom. The van der Waals surface area contributed by atoms with Crippen molar-refractivity contribution < 1.29 is 9.53 Å². The summed E-state index contributed by atoms with van der Waals surface area (Å²) >= 11 is 1.50. The van der Waals surface area contributed by atoms with Crippen LogP contribution in [0.15, 0.2) is 66.2 Å². The molecule has 0 bridgehead atoms. The molecule has 0 radical (unpaired) electrons. The first kappa shape index (κ1) is 14.7. The third-order valence-corrected chi connectivity index (χ3v) is 4.73. The van der Waals surface area contributed by atoms with Gasteiger partial charge >= 0.3 is 5.97 Å². The number of hydrogen-bond acceptors (Lipinski definition) is 4. The fourth-order valence-corrected chi connectivity index (χ4v) is 3.54. The first-order chi connectivity index (χ1) is 11.8. The van der Waals surface area contributed by atoms with Crippen molar-refractivity contribution in [3.05, 3.63) is 71.9 Å². The largest absolute Gasteiger partial charge is 0.464 e. The van der Waals surface area contributed by atoms with Crippen LogP contribution in [0.4, 0.5) is 0 Å². The molecule has 2 aromatic heterocycles. The van der Waals surface area contributed by atoms with E-state index in [0.29, 0.717) is 5.69 Å². The molecule has 4 aromatic rings. The zero-order valence-electron chi connectivity index (χ0n) is 13.0. The summed E-state index contributed by atoms with van der Waals surface area (Å²) in [6, 6.07) is 18.6. The molecule has 0 aliphatic carbocycles. The van der Waals surface area contributed by atoms with Crippen molar-refractivity contribution in [1.82, 2.24) is 9.38 Å². The molecule has 0 unspecified atom stereocenters. The normalized spacial score (nSPS) is 10.9. The molecular weight excluding hydrogens is 320 g/mol. The molecule has 118 valence electrons. The smallest absolute Gasteiger partial charge is 0.358 e. The Morgan fingerprint density at radius 2 is 1.67 bits per heavy atom. The zero-order valence-corrected chi connectivity index (χ0v) is 13.8. The first-order valence-corrected chi connectivity index (χ1v) is 8.35. The molecule has 2 aromatic carbocycles. The van der Waals surface area contributed by atoms with E-state index in [9.17, 15) is 4.79 Å². The predicted octanol–water partition coefficient (Wildman–Crippen LogP) is 4.52. The van der Waals surface area contributed by atoms with E-state index in [-0.39, 0.29) is 0 Å². The van der Waals surface area contributed by atoms with Gasteiger partial charge in [0.2, 0.25) is 0 Å². The minimum Gasteiger partial charge on any atom is -0.464 e. The summed E-state index contributed by atoms with van der Waals surface area (Å²) in [5, 5.41) is 2.04. The molecule has 4 nitrogen and oxygen atoms in total. The van der Waals surface area contributed by atoms with Gasteiger partial charge < -0.3 is 4.74 Å². The maximum Gasteiger partial charge on any atom is 0.358 e. The Morgan fingerprint density at radius 1 is 1.00 bits per heavy atom. The highest BCUT2D eigenvalue weighted by Gasteiger charge is 2.14. The fourth-order valence-electron chi connectivity index (χ4n) is 2.66. The molecule has 0 aliphatic rings. The molecule has 0 saturated heterocycles.